The Kier molecular flexibility index (Phi) is 6.69. The third-order valence-corrected chi connectivity index (χ3v) is 7.55. The molecule has 4 rings (SSSR count). The Hall–Kier alpha value is -3.35. The molecule has 212 valence electrons. The van der Waals surface area contributed by atoms with Crippen LogP contribution >= 0.6 is 11.6 Å². The highest BCUT2D eigenvalue weighted by atomic mass is 35.5. The fraction of sp³-hybridized carbons (Fsp3) is 0. The van der Waals surface area contributed by atoms with Gasteiger partial charge in [0.1, 0.15) is 0 Å². The SMILES string of the molecule is O=S(=O)(O)Oc1cc2c(ccn2S(=O)(=O)O)c(Oc2c(OS(=O)(=O)O)cc3c(ccn3S(=O)(=O)O)c2Cl)c1O. The molecule has 0 spiro atoms. The van der Waals surface area contributed by atoms with E-state index in [0.717, 1.165) is 24.5 Å². The largest absolute Gasteiger partial charge is 0.502 e. The van der Waals surface area contributed by atoms with Gasteiger partial charge in [0.2, 0.25) is 5.75 Å². The quantitative estimate of drug-likeness (QED) is 0.168. The molecule has 4 aromatic rings. The maximum Gasteiger partial charge on any atom is 0.446 e. The van der Waals surface area contributed by atoms with Crippen molar-refractivity contribution in [1.29, 1.82) is 0 Å². The topological polar surface area (TPSA) is 275 Å². The zero-order valence-corrected chi connectivity index (χ0v) is 22.1. The van der Waals surface area contributed by atoms with Gasteiger partial charge in [-0.3, -0.25) is 18.2 Å². The smallest absolute Gasteiger partial charge is 0.446 e. The number of nitrogens with zero attached hydrogens (tertiary/aromatic N) is 2. The lowest BCUT2D eigenvalue weighted by atomic mass is 10.2. The van der Waals surface area contributed by atoms with Gasteiger partial charge < -0.3 is 18.2 Å². The second kappa shape index (κ2) is 9.10. The van der Waals surface area contributed by atoms with E-state index in [1.54, 1.807) is 0 Å². The summed E-state index contributed by atoms with van der Waals surface area (Å²) in [7, 11) is -20.8. The van der Waals surface area contributed by atoms with Crippen molar-refractivity contribution in [2.75, 3.05) is 0 Å². The van der Waals surface area contributed by atoms with Crippen LogP contribution in [-0.2, 0) is 41.4 Å². The minimum Gasteiger partial charge on any atom is -0.502 e. The van der Waals surface area contributed by atoms with Crippen LogP contribution in [0.25, 0.3) is 21.8 Å². The zero-order chi connectivity index (χ0) is 29.3. The lowest BCUT2D eigenvalue weighted by Crippen LogP contribution is -2.11. The molecule has 0 aliphatic carbocycles. The van der Waals surface area contributed by atoms with Crippen molar-refractivity contribution in [1.82, 2.24) is 7.94 Å². The van der Waals surface area contributed by atoms with Gasteiger partial charge in [-0.2, -0.15) is 33.7 Å². The minimum absolute atomic E-state index is 0.165. The molecule has 5 N–H and O–H groups in total. The summed E-state index contributed by atoms with van der Waals surface area (Å²) >= 11 is 6.26. The monoisotopic (exact) mass is 650 g/mol. The number of phenols is 1. The number of halogens is 1. The van der Waals surface area contributed by atoms with Gasteiger partial charge >= 0.3 is 41.4 Å². The van der Waals surface area contributed by atoms with E-state index in [2.05, 4.69) is 8.37 Å². The van der Waals surface area contributed by atoms with Crippen LogP contribution in [0.5, 0.6) is 28.7 Å². The molecule has 0 unspecified atom stereocenters. The first-order valence-electron chi connectivity index (χ1n) is 9.35. The maximum atomic E-state index is 11.8. The molecule has 23 heteroatoms. The number of hydrogen-bond acceptors (Lipinski definition) is 12. The molecular weight excluding hydrogens is 640 g/mol. The van der Waals surface area contributed by atoms with E-state index >= 15 is 0 Å². The van der Waals surface area contributed by atoms with Gasteiger partial charge in [0.25, 0.3) is 0 Å². The number of benzene rings is 2. The maximum absolute atomic E-state index is 11.8. The molecule has 0 bridgehead atoms. The standard InChI is InChI=1S/C16H11ClN2O16S4/c17-13-7-1-3-18(36(21,22)23)9(7)6-12(35-39(30,31)32)16(13)33-15-8-2-4-19(37(24,25)26)10(8)5-11(14(15)20)34-38(27,28)29/h1-6,20H,(H,21,22,23)(H,24,25,26)(H,27,28,29)(H,30,31,32). The van der Waals surface area contributed by atoms with Crippen LogP contribution in [0.2, 0.25) is 5.02 Å². The number of fused-ring (bicyclic) bond motifs is 2. The third-order valence-electron chi connectivity index (χ3n) is 4.76. The van der Waals surface area contributed by atoms with Crippen LogP contribution in [0.4, 0.5) is 0 Å². The highest BCUT2D eigenvalue weighted by molar-refractivity contribution is 7.84. The van der Waals surface area contributed by atoms with E-state index in [-0.39, 0.29) is 13.3 Å². The summed E-state index contributed by atoms with van der Waals surface area (Å²) in [4.78, 5) is 0. The summed E-state index contributed by atoms with van der Waals surface area (Å²) < 4.78 is 144. The predicted octanol–water partition coefficient (Wildman–Crippen LogP) is 1.41. The van der Waals surface area contributed by atoms with E-state index in [9.17, 15) is 52.4 Å². The molecule has 0 aliphatic rings. The van der Waals surface area contributed by atoms with E-state index in [0.29, 0.717) is 12.1 Å². The summed E-state index contributed by atoms with van der Waals surface area (Å²) in [5.41, 5.74) is -1.11. The molecule has 0 saturated carbocycles. The van der Waals surface area contributed by atoms with Crippen molar-refractivity contribution in [3.05, 3.63) is 41.7 Å². The molecule has 0 saturated heterocycles. The second-order valence-corrected chi connectivity index (χ2v) is 12.2. The van der Waals surface area contributed by atoms with Gasteiger partial charge in [0.15, 0.2) is 23.0 Å². The zero-order valence-electron chi connectivity index (χ0n) is 18.1. The van der Waals surface area contributed by atoms with Gasteiger partial charge in [-0.15, -0.1) is 0 Å². The number of ether oxygens (including phenoxy) is 1. The summed E-state index contributed by atoms with van der Waals surface area (Å²) in [6, 6.07) is 3.11. The lowest BCUT2D eigenvalue weighted by Gasteiger charge is -2.16. The summed E-state index contributed by atoms with van der Waals surface area (Å²) in [5, 5.41) is 9.31. The molecule has 0 fully saturated rings. The summed E-state index contributed by atoms with van der Waals surface area (Å²) in [6.07, 6.45) is 1.51. The number of phenolic OH excluding ortho intramolecular Hbond substituents is 1. The Morgan fingerprint density at radius 1 is 0.667 bits per heavy atom. The Bertz CT molecular complexity index is 2110. The average molecular weight is 651 g/mol. The Balaban J connectivity index is 2.08. The van der Waals surface area contributed by atoms with Gasteiger partial charge in [0.05, 0.1) is 16.1 Å². The van der Waals surface area contributed by atoms with Crippen molar-refractivity contribution in [2.45, 2.75) is 0 Å². The molecule has 0 aliphatic heterocycles. The fourth-order valence-corrected chi connectivity index (χ4v) is 5.65. The highest BCUT2D eigenvalue weighted by Gasteiger charge is 2.28. The lowest BCUT2D eigenvalue weighted by molar-refractivity contribution is 0.354. The van der Waals surface area contributed by atoms with E-state index < -0.39 is 91.6 Å². The molecule has 18 nitrogen and oxygen atoms in total. The van der Waals surface area contributed by atoms with Crippen LogP contribution in [0.15, 0.2) is 36.7 Å². The number of rotatable bonds is 8. The average Bonchev–Trinajstić information content (AvgIpc) is 3.35. The molecule has 2 heterocycles. The Morgan fingerprint density at radius 2 is 1.10 bits per heavy atom. The van der Waals surface area contributed by atoms with Crippen LogP contribution in [0, 0.1) is 0 Å². The van der Waals surface area contributed by atoms with E-state index in [1.165, 1.54) is 0 Å². The second-order valence-electron chi connectivity index (χ2n) is 7.24. The van der Waals surface area contributed by atoms with Gasteiger partial charge in [-0.1, -0.05) is 11.6 Å². The van der Waals surface area contributed by atoms with Crippen molar-refractivity contribution >= 4 is 74.8 Å². The van der Waals surface area contributed by atoms with Crippen LogP contribution in [0.1, 0.15) is 0 Å². The minimum atomic E-state index is -5.38. The summed E-state index contributed by atoms with van der Waals surface area (Å²) in [6.45, 7) is 0. The van der Waals surface area contributed by atoms with Crippen molar-refractivity contribution in [3.8, 4) is 28.7 Å². The van der Waals surface area contributed by atoms with Crippen molar-refractivity contribution in [2.24, 2.45) is 0 Å². The molecular formula is C16H11ClN2O16S4. The molecule has 0 atom stereocenters. The van der Waals surface area contributed by atoms with Crippen LogP contribution in [0.3, 0.4) is 0 Å². The molecule has 0 amide bonds. The molecule has 0 radical (unpaired) electrons. The first-order valence-corrected chi connectivity index (χ1v) is 15.3. The third kappa shape index (κ3) is 5.68. The van der Waals surface area contributed by atoms with Crippen LogP contribution in [-0.4, -0.2) is 64.9 Å². The van der Waals surface area contributed by atoms with Crippen molar-refractivity contribution < 1.29 is 70.1 Å². The van der Waals surface area contributed by atoms with Gasteiger partial charge in [-0.05, 0) is 12.1 Å². The van der Waals surface area contributed by atoms with Crippen LogP contribution < -0.4 is 13.1 Å². The first kappa shape index (κ1) is 28.7. The van der Waals surface area contributed by atoms with Gasteiger partial charge in [-0.25, -0.2) is 7.94 Å². The predicted molar refractivity (Wildman–Crippen MR) is 129 cm³/mol. The molecule has 39 heavy (non-hydrogen) atoms. The fourth-order valence-electron chi connectivity index (χ4n) is 3.42. The number of aromatic nitrogens is 2. The van der Waals surface area contributed by atoms with E-state index in [1.807, 2.05) is 0 Å². The Morgan fingerprint density at radius 3 is 1.59 bits per heavy atom. The van der Waals surface area contributed by atoms with Gasteiger partial charge in [0, 0.05) is 35.3 Å². The molecule has 2 aromatic heterocycles. The number of hydrogen-bond donors (Lipinski definition) is 5. The molecule has 2 aromatic carbocycles. The number of aromatic hydroxyl groups is 1. The first-order chi connectivity index (χ1) is 17.7. The van der Waals surface area contributed by atoms with Crippen molar-refractivity contribution in [3.63, 3.8) is 0 Å². The summed E-state index contributed by atoms with van der Waals surface area (Å²) in [5.74, 6) is -5.28. The van der Waals surface area contributed by atoms with E-state index in [4.69, 9.17) is 20.9 Å². The Labute approximate surface area is 222 Å². The highest BCUT2D eigenvalue weighted by Crippen LogP contribution is 2.50. The normalized spacial score (nSPS) is 13.2.